The summed E-state index contributed by atoms with van der Waals surface area (Å²) in [5, 5.41) is 12.4. The molecule has 4 rings (SSSR count). The van der Waals surface area contributed by atoms with Crippen molar-refractivity contribution in [3.8, 4) is 0 Å². The molecule has 0 aliphatic carbocycles. The topological polar surface area (TPSA) is 136 Å². The molecule has 31 heavy (non-hydrogen) atoms. The Bertz CT molecular complexity index is 1080. The van der Waals surface area contributed by atoms with Gasteiger partial charge in [0.15, 0.2) is 5.65 Å². The van der Waals surface area contributed by atoms with Crippen LogP contribution in [0.25, 0.3) is 11.0 Å². The second-order valence-corrected chi connectivity index (χ2v) is 7.38. The molecule has 0 saturated carbocycles. The Morgan fingerprint density at radius 3 is 2.74 bits per heavy atom. The zero-order valence-corrected chi connectivity index (χ0v) is 17.5. The van der Waals surface area contributed by atoms with Gasteiger partial charge < -0.3 is 14.6 Å². The molecule has 11 heteroatoms. The molecule has 0 radical (unpaired) electrons. The quantitative estimate of drug-likeness (QED) is 0.502. The Morgan fingerprint density at radius 1 is 1.23 bits per heavy atom. The summed E-state index contributed by atoms with van der Waals surface area (Å²) in [6.07, 6.45) is 4.86. The number of rotatable bonds is 6. The highest BCUT2D eigenvalue weighted by atomic mass is 16.5. The van der Waals surface area contributed by atoms with Crippen LogP contribution in [0.15, 0.2) is 23.0 Å². The number of hydrogen-bond donors (Lipinski definition) is 3. The van der Waals surface area contributed by atoms with E-state index in [1.165, 1.54) is 6.20 Å². The smallest absolute Gasteiger partial charge is 0.273 e. The van der Waals surface area contributed by atoms with Crippen molar-refractivity contribution in [2.75, 3.05) is 18.5 Å². The molecule has 0 aromatic carbocycles. The number of pyridine rings is 1. The lowest BCUT2D eigenvalue weighted by atomic mass is 10.1. The number of nitrogens with one attached hydrogen (secondary N) is 3. The molecule has 1 aliphatic heterocycles. The van der Waals surface area contributed by atoms with Crippen LogP contribution in [0, 0.1) is 6.92 Å². The number of carbonyl (C=O) groups is 2. The third kappa shape index (κ3) is 4.66. The van der Waals surface area contributed by atoms with Crippen LogP contribution in [0.3, 0.4) is 0 Å². The lowest BCUT2D eigenvalue weighted by molar-refractivity contribution is -0.121. The SMILES string of the molecule is CCn1ncc2c(NC3CCOCC3)c(C(=O)NNC(=O)Cc3cc(C)on3)cnc21. The number of anilines is 1. The van der Waals surface area contributed by atoms with Crippen molar-refractivity contribution in [1.29, 1.82) is 0 Å². The van der Waals surface area contributed by atoms with Gasteiger partial charge in [0.25, 0.3) is 5.91 Å². The van der Waals surface area contributed by atoms with Crippen molar-refractivity contribution < 1.29 is 18.8 Å². The van der Waals surface area contributed by atoms with Crippen molar-refractivity contribution in [1.82, 2.24) is 30.8 Å². The molecule has 2 amide bonds. The van der Waals surface area contributed by atoms with E-state index < -0.39 is 11.8 Å². The molecule has 164 valence electrons. The molecule has 1 aliphatic rings. The second-order valence-electron chi connectivity index (χ2n) is 7.38. The number of ether oxygens (including phenoxy) is 1. The molecule has 0 spiro atoms. The van der Waals surface area contributed by atoms with Crippen LogP contribution in [0.5, 0.6) is 0 Å². The van der Waals surface area contributed by atoms with Crippen LogP contribution in [0.1, 0.15) is 41.6 Å². The fourth-order valence-electron chi connectivity index (χ4n) is 3.54. The molecule has 11 nitrogen and oxygen atoms in total. The second kappa shape index (κ2) is 9.13. The first-order valence-corrected chi connectivity index (χ1v) is 10.2. The Hall–Kier alpha value is -3.47. The first kappa shape index (κ1) is 20.8. The fraction of sp³-hybridized carbons (Fsp3) is 0.450. The summed E-state index contributed by atoms with van der Waals surface area (Å²) >= 11 is 0. The maximum Gasteiger partial charge on any atom is 0.273 e. The molecule has 4 heterocycles. The van der Waals surface area contributed by atoms with E-state index in [-0.39, 0.29) is 12.5 Å². The summed E-state index contributed by atoms with van der Waals surface area (Å²) in [6.45, 7) is 5.72. The van der Waals surface area contributed by atoms with Gasteiger partial charge in [-0.1, -0.05) is 5.16 Å². The highest BCUT2D eigenvalue weighted by Gasteiger charge is 2.22. The number of carbonyl (C=O) groups excluding carboxylic acids is 2. The molecule has 0 atom stereocenters. The summed E-state index contributed by atoms with van der Waals surface area (Å²) in [5.41, 5.74) is 7.03. The van der Waals surface area contributed by atoms with Gasteiger partial charge >= 0.3 is 0 Å². The normalized spacial score (nSPS) is 14.5. The zero-order chi connectivity index (χ0) is 21.8. The summed E-state index contributed by atoms with van der Waals surface area (Å²) in [6, 6.07) is 1.83. The van der Waals surface area contributed by atoms with E-state index in [1.54, 1.807) is 23.9 Å². The monoisotopic (exact) mass is 427 g/mol. The minimum absolute atomic E-state index is 0.00857. The molecule has 0 bridgehead atoms. The zero-order valence-electron chi connectivity index (χ0n) is 17.5. The minimum atomic E-state index is -0.474. The number of aromatic nitrogens is 4. The summed E-state index contributed by atoms with van der Waals surface area (Å²) in [7, 11) is 0. The first-order valence-electron chi connectivity index (χ1n) is 10.2. The van der Waals surface area contributed by atoms with Crippen LogP contribution in [0.4, 0.5) is 5.69 Å². The summed E-state index contributed by atoms with van der Waals surface area (Å²) in [5.74, 6) is -0.269. The summed E-state index contributed by atoms with van der Waals surface area (Å²) in [4.78, 5) is 29.5. The Morgan fingerprint density at radius 2 is 2.03 bits per heavy atom. The lowest BCUT2D eigenvalue weighted by Crippen LogP contribution is -2.43. The van der Waals surface area contributed by atoms with Gasteiger partial charge in [-0.2, -0.15) is 5.10 Å². The van der Waals surface area contributed by atoms with E-state index in [1.807, 2.05) is 6.92 Å². The molecule has 0 unspecified atom stereocenters. The van der Waals surface area contributed by atoms with Crippen molar-refractivity contribution in [2.45, 2.75) is 45.7 Å². The number of fused-ring (bicyclic) bond motifs is 1. The third-order valence-corrected chi connectivity index (χ3v) is 5.11. The molecule has 3 aromatic heterocycles. The van der Waals surface area contributed by atoms with E-state index in [4.69, 9.17) is 9.26 Å². The van der Waals surface area contributed by atoms with Gasteiger partial charge in [-0.05, 0) is 26.7 Å². The van der Waals surface area contributed by atoms with Gasteiger partial charge in [-0.3, -0.25) is 20.4 Å². The van der Waals surface area contributed by atoms with Crippen LogP contribution in [0.2, 0.25) is 0 Å². The van der Waals surface area contributed by atoms with Crippen molar-refractivity contribution >= 4 is 28.5 Å². The van der Waals surface area contributed by atoms with Crippen LogP contribution < -0.4 is 16.2 Å². The molecule has 1 saturated heterocycles. The number of amides is 2. The predicted molar refractivity (Wildman–Crippen MR) is 111 cm³/mol. The van der Waals surface area contributed by atoms with Gasteiger partial charge in [-0.15, -0.1) is 0 Å². The maximum atomic E-state index is 12.9. The maximum absolute atomic E-state index is 12.9. The number of nitrogens with zero attached hydrogens (tertiary/aromatic N) is 4. The Balaban J connectivity index is 1.52. The van der Waals surface area contributed by atoms with Gasteiger partial charge in [-0.25, -0.2) is 9.67 Å². The van der Waals surface area contributed by atoms with Crippen LogP contribution in [-0.4, -0.2) is 51.0 Å². The standard InChI is InChI=1S/C20H25N7O4/c1-3-27-19-15(11-22-27)18(23-13-4-6-30-7-5-13)16(10-21-19)20(29)25-24-17(28)9-14-8-12(2)31-26-14/h8,10-11,13H,3-7,9H2,1-2H3,(H,21,23)(H,24,28)(H,25,29). The Kier molecular flexibility index (Phi) is 6.12. The summed E-state index contributed by atoms with van der Waals surface area (Å²) < 4.78 is 12.2. The highest BCUT2D eigenvalue weighted by molar-refractivity contribution is 6.06. The van der Waals surface area contributed by atoms with E-state index in [0.717, 1.165) is 18.2 Å². The van der Waals surface area contributed by atoms with Crippen LogP contribution >= 0.6 is 0 Å². The Labute approximate surface area is 178 Å². The number of hydrogen-bond acceptors (Lipinski definition) is 8. The van der Waals surface area contributed by atoms with Gasteiger partial charge in [0.1, 0.15) is 5.76 Å². The largest absolute Gasteiger partial charge is 0.381 e. The van der Waals surface area contributed by atoms with E-state index in [9.17, 15) is 9.59 Å². The molecule has 3 aromatic rings. The number of hydrazine groups is 1. The minimum Gasteiger partial charge on any atom is -0.381 e. The average Bonchev–Trinajstić information content (AvgIpc) is 3.38. The average molecular weight is 427 g/mol. The number of aryl methyl sites for hydroxylation is 2. The molecule has 1 fully saturated rings. The van der Waals surface area contributed by atoms with Gasteiger partial charge in [0, 0.05) is 38.1 Å². The van der Waals surface area contributed by atoms with Crippen molar-refractivity contribution in [3.05, 3.63) is 35.5 Å². The molecular formula is C20H25N7O4. The van der Waals surface area contributed by atoms with E-state index in [2.05, 4.69) is 31.4 Å². The van der Waals surface area contributed by atoms with Crippen molar-refractivity contribution in [2.24, 2.45) is 0 Å². The van der Waals surface area contributed by atoms with Crippen LogP contribution in [-0.2, 0) is 22.5 Å². The lowest BCUT2D eigenvalue weighted by Gasteiger charge is -2.25. The highest BCUT2D eigenvalue weighted by Crippen LogP contribution is 2.28. The molecular weight excluding hydrogens is 402 g/mol. The fourth-order valence-corrected chi connectivity index (χ4v) is 3.54. The predicted octanol–water partition coefficient (Wildman–Crippen LogP) is 1.34. The van der Waals surface area contributed by atoms with E-state index in [0.29, 0.717) is 48.1 Å². The van der Waals surface area contributed by atoms with Crippen molar-refractivity contribution in [3.63, 3.8) is 0 Å². The van der Waals surface area contributed by atoms with E-state index >= 15 is 0 Å². The first-order chi connectivity index (χ1) is 15.0. The third-order valence-electron chi connectivity index (χ3n) is 5.11. The van der Waals surface area contributed by atoms with Gasteiger partial charge in [0.2, 0.25) is 5.91 Å². The molecule has 3 N–H and O–H groups in total. The van der Waals surface area contributed by atoms with Gasteiger partial charge in [0.05, 0.1) is 34.9 Å².